The lowest BCUT2D eigenvalue weighted by Crippen LogP contribution is -2.40. The summed E-state index contributed by atoms with van der Waals surface area (Å²) in [6.45, 7) is 6.29. The molecule has 18 heavy (non-hydrogen) atoms. The third-order valence-corrected chi connectivity index (χ3v) is 5.18. The second-order valence-electron chi connectivity index (χ2n) is 5.09. The van der Waals surface area contributed by atoms with Crippen molar-refractivity contribution in [1.29, 1.82) is 0 Å². The van der Waals surface area contributed by atoms with Gasteiger partial charge < -0.3 is 0 Å². The molecule has 0 radical (unpaired) electrons. The Morgan fingerprint density at radius 3 is 2.33 bits per heavy atom. The second kappa shape index (κ2) is 5.15. The predicted molar refractivity (Wildman–Crippen MR) is 71.6 cm³/mol. The molecule has 0 heterocycles. The lowest BCUT2D eigenvalue weighted by molar-refractivity contribution is 0.523. The largest absolute Gasteiger partial charge is 0.217 e. The van der Waals surface area contributed by atoms with Crippen molar-refractivity contribution in [2.75, 3.05) is 0 Å². The van der Waals surface area contributed by atoms with Crippen LogP contribution < -0.4 is 4.72 Å². The first-order valence-corrected chi connectivity index (χ1v) is 7.38. The van der Waals surface area contributed by atoms with Gasteiger partial charge in [-0.2, -0.15) is 0 Å². The van der Waals surface area contributed by atoms with E-state index in [4.69, 9.17) is 11.6 Å². The molecule has 0 bridgehead atoms. The Kier molecular flexibility index (Phi) is 4.41. The smallest absolute Gasteiger partial charge is 0.212 e. The van der Waals surface area contributed by atoms with Gasteiger partial charge in [-0.05, 0) is 39.8 Å². The minimum atomic E-state index is -3.55. The Morgan fingerprint density at radius 1 is 1.33 bits per heavy atom. The first-order chi connectivity index (χ1) is 8.06. The van der Waals surface area contributed by atoms with E-state index in [2.05, 4.69) is 4.72 Å². The summed E-state index contributed by atoms with van der Waals surface area (Å²) in [5, 5.41) is 0.208. The van der Waals surface area contributed by atoms with E-state index < -0.39 is 26.6 Å². The topological polar surface area (TPSA) is 46.2 Å². The zero-order chi connectivity index (χ0) is 14.1. The van der Waals surface area contributed by atoms with Crippen molar-refractivity contribution in [3.8, 4) is 0 Å². The fourth-order valence-corrected chi connectivity index (χ4v) is 2.66. The summed E-state index contributed by atoms with van der Waals surface area (Å²) in [6, 6.07) is 3.54. The van der Waals surface area contributed by atoms with Crippen molar-refractivity contribution in [3.05, 3.63) is 34.6 Å². The van der Waals surface area contributed by atoms with Crippen LogP contribution in [0.3, 0.4) is 0 Å². The zero-order valence-electron chi connectivity index (χ0n) is 10.8. The standard InChI is InChI=1S/C12H17ClFNO2S/c1-8(15-18(16,17)12(2,3)4)11-9(13)6-5-7-10(11)14/h5-8,15H,1-4H3/t8-/m0/s1. The summed E-state index contributed by atoms with van der Waals surface area (Å²) in [5.41, 5.74) is 0.159. The summed E-state index contributed by atoms with van der Waals surface area (Å²) in [4.78, 5) is 0. The molecule has 1 rings (SSSR count). The third-order valence-electron chi connectivity index (χ3n) is 2.57. The monoisotopic (exact) mass is 293 g/mol. The summed E-state index contributed by atoms with van der Waals surface area (Å²) in [6.07, 6.45) is 0. The van der Waals surface area contributed by atoms with E-state index in [1.165, 1.54) is 18.2 Å². The van der Waals surface area contributed by atoms with Crippen LogP contribution in [0.2, 0.25) is 5.02 Å². The van der Waals surface area contributed by atoms with Gasteiger partial charge in [-0.3, -0.25) is 0 Å². The molecule has 0 aliphatic carbocycles. The van der Waals surface area contributed by atoms with E-state index in [0.717, 1.165) is 0 Å². The van der Waals surface area contributed by atoms with Crippen LogP contribution in [0.25, 0.3) is 0 Å². The van der Waals surface area contributed by atoms with Crippen LogP contribution in [0.4, 0.5) is 4.39 Å². The highest BCUT2D eigenvalue weighted by Crippen LogP contribution is 2.27. The second-order valence-corrected chi connectivity index (χ2v) is 7.97. The van der Waals surface area contributed by atoms with Crippen LogP contribution >= 0.6 is 11.6 Å². The van der Waals surface area contributed by atoms with Crippen LogP contribution in [0.5, 0.6) is 0 Å². The number of halogens is 2. The maximum atomic E-state index is 13.7. The van der Waals surface area contributed by atoms with Gasteiger partial charge in [0.05, 0.1) is 4.75 Å². The number of hydrogen-bond acceptors (Lipinski definition) is 2. The van der Waals surface area contributed by atoms with E-state index >= 15 is 0 Å². The van der Waals surface area contributed by atoms with E-state index in [-0.39, 0.29) is 10.6 Å². The van der Waals surface area contributed by atoms with E-state index in [1.807, 2.05) is 0 Å². The summed E-state index contributed by atoms with van der Waals surface area (Å²) >= 11 is 5.89. The highest BCUT2D eigenvalue weighted by atomic mass is 35.5. The summed E-state index contributed by atoms with van der Waals surface area (Å²) in [7, 11) is -3.55. The summed E-state index contributed by atoms with van der Waals surface area (Å²) < 4.78 is 39.1. The van der Waals surface area contributed by atoms with Crippen molar-refractivity contribution in [3.63, 3.8) is 0 Å². The third kappa shape index (κ3) is 3.22. The Hall–Kier alpha value is -0.650. The average molecular weight is 294 g/mol. The van der Waals surface area contributed by atoms with Crippen molar-refractivity contribution in [1.82, 2.24) is 4.72 Å². The lowest BCUT2D eigenvalue weighted by Gasteiger charge is -2.24. The summed E-state index contributed by atoms with van der Waals surface area (Å²) in [5.74, 6) is -0.522. The van der Waals surface area contributed by atoms with Gasteiger partial charge in [0.15, 0.2) is 0 Å². The molecule has 0 aliphatic heterocycles. The van der Waals surface area contributed by atoms with Crippen LogP contribution in [0, 0.1) is 5.82 Å². The Balaban J connectivity index is 3.08. The molecule has 1 N–H and O–H groups in total. The minimum Gasteiger partial charge on any atom is -0.212 e. The molecule has 0 aliphatic rings. The quantitative estimate of drug-likeness (QED) is 0.930. The molecule has 0 aromatic heterocycles. The molecule has 1 atom stereocenters. The van der Waals surface area contributed by atoms with E-state index in [1.54, 1.807) is 27.7 Å². The Bertz CT molecular complexity index is 517. The number of nitrogens with one attached hydrogen (secondary N) is 1. The number of rotatable bonds is 3. The highest BCUT2D eigenvalue weighted by molar-refractivity contribution is 7.90. The van der Waals surface area contributed by atoms with Gasteiger partial charge in [-0.15, -0.1) is 0 Å². The SMILES string of the molecule is C[C@H](NS(=O)(=O)C(C)(C)C)c1c(F)cccc1Cl. The molecule has 0 unspecified atom stereocenters. The van der Waals surface area contributed by atoms with Crippen molar-refractivity contribution in [2.45, 2.75) is 38.5 Å². The first-order valence-electron chi connectivity index (χ1n) is 5.52. The van der Waals surface area contributed by atoms with Crippen LogP contribution in [0.15, 0.2) is 18.2 Å². The Labute approximate surface area is 112 Å². The number of hydrogen-bond donors (Lipinski definition) is 1. The molecule has 1 aromatic carbocycles. The Morgan fingerprint density at radius 2 is 1.89 bits per heavy atom. The molecule has 0 amide bonds. The van der Waals surface area contributed by atoms with Gasteiger partial charge in [-0.1, -0.05) is 17.7 Å². The molecule has 0 saturated heterocycles. The molecule has 0 saturated carbocycles. The first kappa shape index (κ1) is 15.4. The zero-order valence-corrected chi connectivity index (χ0v) is 12.4. The number of sulfonamides is 1. The minimum absolute atomic E-state index is 0.159. The maximum absolute atomic E-state index is 13.7. The van der Waals surface area contributed by atoms with Crippen molar-refractivity contribution in [2.24, 2.45) is 0 Å². The van der Waals surface area contributed by atoms with Crippen LogP contribution in [-0.4, -0.2) is 13.2 Å². The van der Waals surface area contributed by atoms with E-state index in [9.17, 15) is 12.8 Å². The highest BCUT2D eigenvalue weighted by Gasteiger charge is 2.31. The van der Waals surface area contributed by atoms with Crippen molar-refractivity contribution >= 4 is 21.6 Å². The average Bonchev–Trinajstić information content (AvgIpc) is 2.14. The van der Waals surface area contributed by atoms with Gasteiger partial charge in [0.25, 0.3) is 0 Å². The molecular formula is C12H17ClFNO2S. The fraction of sp³-hybridized carbons (Fsp3) is 0.500. The molecule has 6 heteroatoms. The van der Waals surface area contributed by atoms with E-state index in [0.29, 0.717) is 0 Å². The van der Waals surface area contributed by atoms with Crippen LogP contribution in [-0.2, 0) is 10.0 Å². The fourth-order valence-electron chi connectivity index (χ4n) is 1.39. The molecule has 3 nitrogen and oxygen atoms in total. The normalized spacial score (nSPS) is 14.6. The van der Waals surface area contributed by atoms with Crippen molar-refractivity contribution < 1.29 is 12.8 Å². The lowest BCUT2D eigenvalue weighted by atomic mass is 10.1. The molecule has 102 valence electrons. The molecule has 0 fully saturated rings. The number of benzene rings is 1. The van der Waals surface area contributed by atoms with Gasteiger partial charge in [-0.25, -0.2) is 17.5 Å². The van der Waals surface area contributed by atoms with Gasteiger partial charge in [0.1, 0.15) is 5.82 Å². The molecule has 0 spiro atoms. The predicted octanol–water partition coefficient (Wildman–Crippen LogP) is 3.26. The van der Waals surface area contributed by atoms with Gasteiger partial charge >= 0.3 is 0 Å². The molecular weight excluding hydrogens is 277 g/mol. The maximum Gasteiger partial charge on any atom is 0.217 e. The van der Waals surface area contributed by atoms with Gasteiger partial charge in [0, 0.05) is 16.6 Å². The molecule has 1 aromatic rings. The van der Waals surface area contributed by atoms with Gasteiger partial charge in [0.2, 0.25) is 10.0 Å². The van der Waals surface area contributed by atoms with Crippen LogP contribution in [0.1, 0.15) is 39.3 Å².